The Morgan fingerprint density at radius 1 is 0.971 bits per heavy atom. The van der Waals surface area contributed by atoms with Gasteiger partial charge in [0.15, 0.2) is 0 Å². The van der Waals surface area contributed by atoms with Gasteiger partial charge in [-0.25, -0.2) is 0 Å². The van der Waals surface area contributed by atoms with E-state index in [2.05, 4.69) is 0 Å². The highest BCUT2D eigenvalue weighted by Crippen LogP contribution is 2.44. The number of amides is 1. The lowest BCUT2D eigenvalue weighted by Gasteiger charge is -2.26. The Kier molecular flexibility index (Phi) is 6.38. The van der Waals surface area contributed by atoms with Gasteiger partial charge in [-0.15, -0.1) is 0 Å². The summed E-state index contributed by atoms with van der Waals surface area (Å²) in [6.07, 6.45) is -0.175. The molecule has 1 fully saturated rings. The molecule has 0 spiro atoms. The Hall–Kier alpha value is -4.10. The summed E-state index contributed by atoms with van der Waals surface area (Å²) in [5, 5.41) is 20.6. The van der Waals surface area contributed by atoms with E-state index in [0.29, 0.717) is 33.1 Å². The number of hydrogen-bond acceptors (Lipinski definition) is 5. The summed E-state index contributed by atoms with van der Waals surface area (Å²) in [5.41, 5.74) is 1.67. The number of para-hydroxylation sites is 1. The van der Waals surface area contributed by atoms with E-state index in [0.717, 1.165) is 0 Å². The van der Waals surface area contributed by atoms with Crippen LogP contribution >= 0.6 is 11.6 Å². The molecule has 0 aromatic heterocycles. The van der Waals surface area contributed by atoms with Crippen LogP contribution in [0.5, 0.6) is 5.75 Å². The van der Waals surface area contributed by atoms with Crippen LogP contribution in [0.2, 0.25) is 5.02 Å². The molecule has 1 atom stereocenters. The van der Waals surface area contributed by atoms with Crippen molar-refractivity contribution in [1.29, 1.82) is 0 Å². The number of benzene rings is 3. The monoisotopic (exact) mass is 477 g/mol. The number of halogens is 1. The smallest absolute Gasteiger partial charge is 0.307 e. The number of carbonyl (C=O) groups excluding carboxylic acids is 2. The van der Waals surface area contributed by atoms with Crippen molar-refractivity contribution in [3.8, 4) is 5.75 Å². The van der Waals surface area contributed by atoms with E-state index >= 15 is 0 Å². The Morgan fingerprint density at radius 2 is 1.62 bits per heavy atom. The zero-order chi connectivity index (χ0) is 24.4. The van der Waals surface area contributed by atoms with Gasteiger partial charge >= 0.3 is 5.97 Å². The van der Waals surface area contributed by atoms with Crippen molar-refractivity contribution >= 4 is 40.7 Å². The first kappa shape index (κ1) is 23.1. The van der Waals surface area contributed by atoms with Crippen molar-refractivity contribution in [2.24, 2.45) is 0 Å². The number of aliphatic hydroxyl groups excluding tert-OH is 1. The first-order chi connectivity index (χ1) is 16.3. The Balaban J connectivity index is 1.91. The average molecular weight is 478 g/mol. The van der Waals surface area contributed by atoms with Gasteiger partial charge in [0.25, 0.3) is 11.7 Å². The molecule has 1 amide bonds. The third kappa shape index (κ3) is 4.25. The molecule has 2 N–H and O–H groups in total. The van der Waals surface area contributed by atoms with Crippen molar-refractivity contribution in [2.45, 2.75) is 12.5 Å². The number of carboxylic acids is 1. The van der Waals surface area contributed by atoms with Gasteiger partial charge in [0, 0.05) is 21.8 Å². The van der Waals surface area contributed by atoms with Crippen LogP contribution in [0.4, 0.5) is 5.69 Å². The molecule has 34 heavy (non-hydrogen) atoms. The molecule has 1 heterocycles. The molecule has 7 nitrogen and oxygen atoms in total. The van der Waals surface area contributed by atoms with Gasteiger partial charge in [-0.1, -0.05) is 41.9 Å². The molecule has 0 saturated carbocycles. The molecule has 3 aromatic carbocycles. The van der Waals surface area contributed by atoms with Gasteiger partial charge in [-0.3, -0.25) is 19.3 Å². The zero-order valence-electron chi connectivity index (χ0n) is 18.1. The minimum Gasteiger partial charge on any atom is -0.507 e. The number of rotatable bonds is 6. The molecule has 1 aliphatic rings. The molecule has 3 aromatic rings. The quantitative estimate of drug-likeness (QED) is 0.305. The Morgan fingerprint density at radius 3 is 2.24 bits per heavy atom. The third-order valence-corrected chi connectivity index (χ3v) is 5.82. The average Bonchev–Trinajstić information content (AvgIpc) is 3.09. The minimum absolute atomic E-state index is 0.0913. The molecule has 0 radical (unpaired) electrons. The third-order valence-electron chi connectivity index (χ3n) is 5.57. The van der Waals surface area contributed by atoms with Crippen molar-refractivity contribution in [2.75, 3.05) is 12.0 Å². The maximum atomic E-state index is 13.2. The molecule has 4 rings (SSSR count). The number of methoxy groups -OCH3 is 1. The summed E-state index contributed by atoms with van der Waals surface area (Å²) in [4.78, 5) is 38.7. The first-order valence-corrected chi connectivity index (χ1v) is 10.7. The van der Waals surface area contributed by atoms with E-state index in [9.17, 15) is 19.5 Å². The molecule has 8 heteroatoms. The number of carbonyl (C=O) groups is 3. The SMILES string of the molecule is COc1ccccc1C1/C(=C(/O)c2ccc(Cl)cc2)C(=O)C(=O)N1c1ccc(CC(=O)O)cc1. The fourth-order valence-corrected chi connectivity index (χ4v) is 4.12. The maximum Gasteiger partial charge on any atom is 0.307 e. The molecule has 1 unspecified atom stereocenters. The minimum atomic E-state index is -0.981. The van der Waals surface area contributed by atoms with E-state index in [-0.39, 0.29) is 17.8 Å². The topological polar surface area (TPSA) is 104 Å². The van der Waals surface area contributed by atoms with Crippen LogP contribution in [0.25, 0.3) is 5.76 Å². The van der Waals surface area contributed by atoms with Crippen molar-refractivity contribution < 1.29 is 29.3 Å². The Bertz CT molecular complexity index is 1300. The van der Waals surface area contributed by atoms with Gasteiger partial charge in [-0.2, -0.15) is 0 Å². The number of ether oxygens (including phenoxy) is 1. The normalized spacial score (nSPS) is 17.1. The fourth-order valence-electron chi connectivity index (χ4n) is 4.00. The number of anilines is 1. The second-order valence-corrected chi connectivity index (χ2v) is 8.09. The summed E-state index contributed by atoms with van der Waals surface area (Å²) < 4.78 is 5.49. The van der Waals surface area contributed by atoms with Crippen LogP contribution in [0.15, 0.2) is 78.4 Å². The summed E-state index contributed by atoms with van der Waals surface area (Å²) >= 11 is 5.96. The van der Waals surface area contributed by atoms with Gasteiger partial charge < -0.3 is 14.9 Å². The largest absolute Gasteiger partial charge is 0.507 e. The van der Waals surface area contributed by atoms with Crippen LogP contribution in [-0.4, -0.2) is 35.0 Å². The van der Waals surface area contributed by atoms with Gasteiger partial charge in [0.2, 0.25) is 0 Å². The Labute approximate surface area is 200 Å². The van der Waals surface area contributed by atoms with Crippen LogP contribution in [0.3, 0.4) is 0 Å². The van der Waals surface area contributed by atoms with E-state index in [4.69, 9.17) is 21.4 Å². The highest BCUT2D eigenvalue weighted by molar-refractivity contribution is 6.51. The number of Topliss-reactive ketones (excluding diaryl/α,β-unsaturated/α-hetero) is 1. The number of carboxylic acid groups (broad SMARTS) is 1. The van der Waals surface area contributed by atoms with E-state index < -0.39 is 23.7 Å². The summed E-state index contributed by atoms with van der Waals surface area (Å²) in [5.74, 6) is -2.56. The lowest BCUT2D eigenvalue weighted by Crippen LogP contribution is -2.29. The van der Waals surface area contributed by atoms with Crippen LogP contribution in [-0.2, 0) is 20.8 Å². The summed E-state index contributed by atoms with van der Waals surface area (Å²) in [6.45, 7) is 0. The number of ketones is 1. The lowest BCUT2D eigenvalue weighted by molar-refractivity contribution is -0.136. The predicted molar refractivity (Wildman–Crippen MR) is 127 cm³/mol. The van der Waals surface area contributed by atoms with E-state index in [1.807, 2.05) is 0 Å². The van der Waals surface area contributed by atoms with Crippen LogP contribution in [0, 0.1) is 0 Å². The fraction of sp³-hybridized carbons (Fsp3) is 0.115. The van der Waals surface area contributed by atoms with Crippen molar-refractivity contribution in [1.82, 2.24) is 0 Å². The standard InChI is InChI=1S/C26H20ClNO6/c1-34-20-5-3-2-4-19(20)23-22(24(31)16-8-10-17(27)11-9-16)25(32)26(33)28(23)18-12-6-15(7-13-18)14-21(29)30/h2-13,23,31H,14H2,1H3,(H,29,30)/b24-22-. The van der Waals surface area contributed by atoms with Crippen molar-refractivity contribution in [3.63, 3.8) is 0 Å². The molecule has 1 aliphatic heterocycles. The number of aliphatic carboxylic acids is 1. The van der Waals surface area contributed by atoms with E-state index in [1.165, 1.54) is 12.0 Å². The second-order valence-electron chi connectivity index (χ2n) is 7.65. The molecular weight excluding hydrogens is 458 g/mol. The molecule has 1 saturated heterocycles. The highest BCUT2D eigenvalue weighted by Gasteiger charge is 2.47. The number of nitrogens with zero attached hydrogens (tertiary/aromatic N) is 1. The predicted octanol–water partition coefficient (Wildman–Crippen LogP) is 4.60. The van der Waals surface area contributed by atoms with Crippen LogP contribution in [0.1, 0.15) is 22.7 Å². The van der Waals surface area contributed by atoms with E-state index in [1.54, 1.807) is 72.8 Å². The molecular formula is C26H20ClNO6. The number of aliphatic hydroxyl groups is 1. The van der Waals surface area contributed by atoms with Crippen molar-refractivity contribution in [3.05, 3.63) is 100 Å². The molecule has 172 valence electrons. The summed E-state index contributed by atoms with van der Waals surface area (Å²) in [6, 6.07) is 18.5. The van der Waals surface area contributed by atoms with Gasteiger partial charge in [0.1, 0.15) is 11.5 Å². The first-order valence-electron chi connectivity index (χ1n) is 10.3. The zero-order valence-corrected chi connectivity index (χ0v) is 18.8. The van der Waals surface area contributed by atoms with Crippen LogP contribution < -0.4 is 9.64 Å². The van der Waals surface area contributed by atoms with Gasteiger partial charge in [-0.05, 0) is 48.0 Å². The highest BCUT2D eigenvalue weighted by atomic mass is 35.5. The summed E-state index contributed by atoms with van der Waals surface area (Å²) in [7, 11) is 1.48. The lowest BCUT2D eigenvalue weighted by atomic mass is 9.94. The number of hydrogen-bond donors (Lipinski definition) is 2. The van der Waals surface area contributed by atoms with Gasteiger partial charge in [0.05, 0.1) is 25.1 Å². The maximum absolute atomic E-state index is 13.2. The molecule has 0 bridgehead atoms. The second kappa shape index (κ2) is 9.41. The molecule has 0 aliphatic carbocycles.